The molecular formula is C16H12F6O3. The van der Waals surface area contributed by atoms with Gasteiger partial charge in [-0.25, -0.2) is 0 Å². The van der Waals surface area contributed by atoms with E-state index in [9.17, 15) is 41.0 Å². The lowest BCUT2D eigenvalue weighted by atomic mass is 9.72. The van der Waals surface area contributed by atoms with Crippen molar-refractivity contribution in [3.05, 3.63) is 47.2 Å². The number of carbonyl (C=O) groups is 2. The first kappa shape index (κ1) is 19.0. The van der Waals surface area contributed by atoms with E-state index in [-0.39, 0.29) is 0 Å². The predicted octanol–water partition coefficient (Wildman–Crippen LogP) is 4.26. The molecule has 0 radical (unpaired) electrons. The maximum Gasteiger partial charge on any atom is 0.450 e. The Bertz CT molecular complexity index is 703. The summed E-state index contributed by atoms with van der Waals surface area (Å²) in [6.45, 7) is 0. The van der Waals surface area contributed by atoms with Gasteiger partial charge in [-0.3, -0.25) is 9.59 Å². The number of benzene rings is 1. The van der Waals surface area contributed by atoms with Crippen LogP contribution >= 0.6 is 0 Å². The van der Waals surface area contributed by atoms with Gasteiger partial charge < -0.3 is 5.11 Å². The lowest BCUT2D eigenvalue weighted by Gasteiger charge is -2.30. The SMILES string of the molecule is O=C1C(=C(O)C(F)(F)F)CC(c2ccccc2)CC1C(=O)C(F)(F)F. The number of ketones is 2. The molecule has 0 saturated heterocycles. The zero-order valence-electron chi connectivity index (χ0n) is 12.5. The molecule has 1 aromatic rings. The molecule has 2 rings (SSSR count). The number of aliphatic hydroxyl groups excluding tert-OH is 1. The molecule has 25 heavy (non-hydrogen) atoms. The van der Waals surface area contributed by atoms with Gasteiger partial charge in [0.25, 0.3) is 0 Å². The number of hydrogen-bond acceptors (Lipinski definition) is 3. The fourth-order valence-corrected chi connectivity index (χ4v) is 2.82. The minimum atomic E-state index is -5.36. The normalized spacial score (nSPS) is 24.2. The van der Waals surface area contributed by atoms with Crippen molar-refractivity contribution in [1.82, 2.24) is 0 Å². The number of hydrogen-bond donors (Lipinski definition) is 1. The van der Waals surface area contributed by atoms with Gasteiger partial charge in [0.1, 0.15) is 0 Å². The minimum Gasteiger partial charge on any atom is -0.504 e. The zero-order valence-corrected chi connectivity index (χ0v) is 12.5. The highest BCUT2D eigenvalue weighted by Gasteiger charge is 2.51. The Kier molecular flexibility index (Phi) is 4.97. The second kappa shape index (κ2) is 6.53. The van der Waals surface area contributed by atoms with E-state index in [0.717, 1.165) is 0 Å². The molecular weight excluding hydrogens is 354 g/mol. The van der Waals surface area contributed by atoms with Crippen molar-refractivity contribution >= 4 is 11.6 Å². The quantitative estimate of drug-likeness (QED) is 0.368. The number of carbonyl (C=O) groups excluding carboxylic acids is 2. The minimum absolute atomic E-state index is 0.377. The van der Waals surface area contributed by atoms with Crippen LogP contribution in [-0.2, 0) is 9.59 Å². The van der Waals surface area contributed by atoms with Gasteiger partial charge in [0.15, 0.2) is 5.78 Å². The summed E-state index contributed by atoms with van der Waals surface area (Å²) in [7, 11) is 0. The van der Waals surface area contributed by atoms with E-state index in [2.05, 4.69) is 0 Å². The highest BCUT2D eigenvalue weighted by Crippen LogP contribution is 2.42. The van der Waals surface area contributed by atoms with Gasteiger partial charge in [-0.1, -0.05) is 30.3 Å². The number of rotatable bonds is 2. The number of halogens is 6. The standard InChI is InChI=1S/C16H12F6O3/c17-15(18,19)13(24)10-6-9(8-4-2-1-3-5-8)7-11(12(10)23)14(25)16(20,21)22/h1-5,9-10,25H,6-7H2. The van der Waals surface area contributed by atoms with E-state index in [4.69, 9.17) is 0 Å². The molecule has 1 aliphatic rings. The van der Waals surface area contributed by atoms with Gasteiger partial charge in [-0.15, -0.1) is 0 Å². The van der Waals surface area contributed by atoms with Crippen LogP contribution in [0, 0.1) is 5.92 Å². The molecule has 0 amide bonds. The van der Waals surface area contributed by atoms with Gasteiger partial charge in [-0.05, 0) is 24.3 Å². The fourth-order valence-electron chi connectivity index (χ4n) is 2.82. The lowest BCUT2D eigenvalue weighted by Crippen LogP contribution is -2.40. The molecule has 3 nitrogen and oxygen atoms in total. The summed E-state index contributed by atoms with van der Waals surface area (Å²) in [6.07, 6.45) is -11.8. The lowest BCUT2D eigenvalue weighted by molar-refractivity contribution is -0.177. The predicted molar refractivity (Wildman–Crippen MR) is 73.7 cm³/mol. The molecule has 1 aliphatic carbocycles. The molecule has 1 N–H and O–H groups in total. The maximum absolute atomic E-state index is 12.7. The molecule has 9 heteroatoms. The van der Waals surface area contributed by atoms with Crippen molar-refractivity contribution < 1.29 is 41.0 Å². The summed E-state index contributed by atoms with van der Waals surface area (Å²) in [4.78, 5) is 23.5. The van der Waals surface area contributed by atoms with Crippen molar-refractivity contribution in [3.8, 4) is 0 Å². The molecule has 2 unspecified atom stereocenters. The van der Waals surface area contributed by atoms with Crippen molar-refractivity contribution in [3.63, 3.8) is 0 Å². The monoisotopic (exact) mass is 366 g/mol. The highest BCUT2D eigenvalue weighted by atomic mass is 19.4. The van der Waals surface area contributed by atoms with Gasteiger partial charge in [-0.2, -0.15) is 26.3 Å². The third kappa shape index (κ3) is 4.02. The summed E-state index contributed by atoms with van der Waals surface area (Å²) < 4.78 is 76.3. The van der Waals surface area contributed by atoms with Crippen LogP contribution < -0.4 is 0 Å². The Balaban J connectivity index is 2.51. The first-order chi connectivity index (χ1) is 11.4. The molecule has 1 saturated carbocycles. The van der Waals surface area contributed by atoms with Crippen LogP contribution in [0.5, 0.6) is 0 Å². The smallest absolute Gasteiger partial charge is 0.450 e. The number of allylic oxidation sites excluding steroid dienone is 2. The topological polar surface area (TPSA) is 54.4 Å². The summed E-state index contributed by atoms with van der Waals surface area (Å²) in [5.41, 5.74) is -0.822. The molecule has 1 fully saturated rings. The van der Waals surface area contributed by atoms with Crippen molar-refractivity contribution in [2.24, 2.45) is 5.92 Å². The van der Waals surface area contributed by atoms with E-state index in [1.54, 1.807) is 6.07 Å². The fraction of sp³-hybridized carbons (Fsp3) is 0.375. The van der Waals surface area contributed by atoms with Crippen LogP contribution in [0.3, 0.4) is 0 Å². The summed E-state index contributed by atoms with van der Waals surface area (Å²) in [5, 5.41) is 9.29. The van der Waals surface area contributed by atoms with Crippen LogP contribution in [-0.4, -0.2) is 29.0 Å². The Hall–Kier alpha value is -2.32. The van der Waals surface area contributed by atoms with Gasteiger partial charge in [0.2, 0.25) is 11.5 Å². The van der Waals surface area contributed by atoms with Crippen molar-refractivity contribution in [2.45, 2.75) is 31.1 Å². The second-order valence-electron chi connectivity index (χ2n) is 5.65. The Labute approximate surface area is 137 Å². The van der Waals surface area contributed by atoms with Gasteiger partial charge >= 0.3 is 12.4 Å². The number of Topliss-reactive ketones (excluding diaryl/α,β-unsaturated/α-hetero) is 2. The van der Waals surface area contributed by atoms with E-state index < -0.39 is 59.9 Å². The highest BCUT2D eigenvalue weighted by molar-refractivity contribution is 6.12. The first-order valence-electron chi connectivity index (χ1n) is 7.12. The third-order valence-corrected chi connectivity index (χ3v) is 4.01. The summed E-state index contributed by atoms with van der Waals surface area (Å²) in [5.74, 6) is -9.54. The first-order valence-corrected chi connectivity index (χ1v) is 7.12. The Morgan fingerprint density at radius 2 is 1.56 bits per heavy atom. The van der Waals surface area contributed by atoms with Crippen LogP contribution in [0.4, 0.5) is 26.3 Å². The average Bonchev–Trinajstić information content (AvgIpc) is 2.53. The van der Waals surface area contributed by atoms with Crippen LogP contribution in [0.1, 0.15) is 24.3 Å². The van der Waals surface area contributed by atoms with Crippen LogP contribution in [0.15, 0.2) is 41.7 Å². The maximum atomic E-state index is 12.7. The van der Waals surface area contributed by atoms with Crippen molar-refractivity contribution in [1.29, 1.82) is 0 Å². The van der Waals surface area contributed by atoms with E-state index in [1.165, 1.54) is 24.3 Å². The molecule has 0 heterocycles. The van der Waals surface area contributed by atoms with Gasteiger partial charge in [0.05, 0.1) is 5.92 Å². The largest absolute Gasteiger partial charge is 0.504 e. The molecule has 0 aromatic heterocycles. The van der Waals surface area contributed by atoms with Crippen molar-refractivity contribution in [2.75, 3.05) is 0 Å². The van der Waals surface area contributed by atoms with E-state index >= 15 is 0 Å². The molecule has 136 valence electrons. The van der Waals surface area contributed by atoms with Crippen LogP contribution in [0.2, 0.25) is 0 Å². The number of aliphatic hydroxyl groups is 1. The molecule has 0 bridgehead atoms. The Morgan fingerprint density at radius 3 is 2.04 bits per heavy atom. The third-order valence-electron chi connectivity index (χ3n) is 4.01. The molecule has 2 atom stereocenters. The zero-order chi connectivity index (χ0) is 19.0. The second-order valence-corrected chi connectivity index (χ2v) is 5.65. The Morgan fingerprint density at radius 1 is 1.00 bits per heavy atom. The van der Waals surface area contributed by atoms with E-state index in [1.807, 2.05) is 0 Å². The molecule has 1 aromatic carbocycles. The summed E-state index contributed by atoms with van der Waals surface area (Å²) in [6, 6.07) is 7.59. The molecule has 0 spiro atoms. The van der Waals surface area contributed by atoms with E-state index in [0.29, 0.717) is 5.56 Å². The summed E-state index contributed by atoms with van der Waals surface area (Å²) >= 11 is 0. The number of alkyl halides is 6. The molecule has 0 aliphatic heterocycles. The average molecular weight is 366 g/mol. The van der Waals surface area contributed by atoms with Crippen LogP contribution in [0.25, 0.3) is 0 Å². The van der Waals surface area contributed by atoms with Gasteiger partial charge in [0, 0.05) is 5.57 Å².